The number of carbonyl (C=O) groups is 3. The fourth-order valence-electron chi connectivity index (χ4n) is 1.91. The van der Waals surface area contributed by atoms with Crippen molar-refractivity contribution in [3.8, 4) is 0 Å². The molecule has 1 saturated heterocycles. The largest absolute Gasteiger partial charge is 0.397 e. The first-order valence-corrected chi connectivity index (χ1v) is 5.46. The summed E-state index contributed by atoms with van der Waals surface area (Å²) in [6.45, 7) is 1.45. The first kappa shape index (κ1) is 12.2. The van der Waals surface area contributed by atoms with Gasteiger partial charge in [-0.1, -0.05) is 0 Å². The van der Waals surface area contributed by atoms with Crippen LogP contribution in [0, 0.1) is 0 Å². The normalized spacial score (nSPS) is 19.9. The fraction of sp³-hybridized carbons (Fsp3) is 0.364. The van der Waals surface area contributed by atoms with Gasteiger partial charge >= 0.3 is 0 Å². The number of amides is 3. The Balaban J connectivity index is 2.30. The zero-order valence-electron chi connectivity index (χ0n) is 10.1. The summed E-state index contributed by atoms with van der Waals surface area (Å²) in [4.78, 5) is 36.3. The van der Waals surface area contributed by atoms with Crippen molar-refractivity contribution >= 4 is 23.4 Å². The van der Waals surface area contributed by atoms with Crippen LogP contribution in [0.5, 0.6) is 0 Å². The van der Waals surface area contributed by atoms with Gasteiger partial charge in [0.1, 0.15) is 18.3 Å². The van der Waals surface area contributed by atoms with E-state index in [-0.39, 0.29) is 12.5 Å². The van der Waals surface area contributed by atoms with E-state index in [4.69, 9.17) is 5.73 Å². The molecule has 2 rings (SSSR count). The third kappa shape index (κ3) is 1.94. The summed E-state index contributed by atoms with van der Waals surface area (Å²) in [7, 11) is 1.68. The van der Waals surface area contributed by atoms with E-state index in [1.54, 1.807) is 24.7 Å². The van der Waals surface area contributed by atoms with E-state index in [2.05, 4.69) is 5.32 Å². The molecule has 1 atom stereocenters. The molecule has 0 spiro atoms. The van der Waals surface area contributed by atoms with Crippen molar-refractivity contribution in [3.63, 3.8) is 0 Å². The molecule has 2 heterocycles. The summed E-state index contributed by atoms with van der Waals surface area (Å²) in [6.07, 6.45) is 1.60. The maximum atomic E-state index is 12.3. The highest BCUT2D eigenvalue weighted by Crippen LogP contribution is 2.15. The van der Waals surface area contributed by atoms with Crippen LogP contribution >= 0.6 is 0 Å². The minimum absolute atomic E-state index is 0.128. The van der Waals surface area contributed by atoms with Crippen molar-refractivity contribution in [2.24, 2.45) is 7.05 Å². The molecule has 18 heavy (non-hydrogen) atoms. The first-order valence-electron chi connectivity index (χ1n) is 5.46. The van der Waals surface area contributed by atoms with Crippen LogP contribution in [-0.4, -0.2) is 39.8 Å². The van der Waals surface area contributed by atoms with Gasteiger partial charge < -0.3 is 15.2 Å². The van der Waals surface area contributed by atoms with Crippen LogP contribution < -0.4 is 11.1 Å². The summed E-state index contributed by atoms with van der Waals surface area (Å²) in [6, 6.07) is 0.845. The van der Waals surface area contributed by atoms with Crippen LogP contribution in [0.25, 0.3) is 0 Å². The predicted octanol–water partition coefficient (Wildman–Crippen LogP) is -0.906. The van der Waals surface area contributed by atoms with Gasteiger partial charge in [-0.2, -0.15) is 0 Å². The average Bonchev–Trinajstić information content (AvgIpc) is 2.62. The number of hydrogen-bond donors (Lipinski definition) is 2. The van der Waals surface area contributed by atoms with Gasteiger partial charge in [0, 0.05) is 13.2 Å². The number of carbonyl (C=O) groups excluding carboxylic acids is 3. The van der Waals surface area contributed by atoms with Gasteiger partial charge in [-0.15, -0.1) is 0 Å². The molecule has 3 N–H and O–H groups in total. The maximum absolute atomic E-state index is 12.3. The molecule has 0 aliphatic carbocycles. The number of nitrogens with one attached hydrogen (secondary N) is 1. The molecule has 1 aliphatic heterocycles. The Morgan fingerprint density at radius 3 is 2.72 bits per heavy atom. The van der Waals surface area contributed by atoms with Gasteiger partial charge in [-0.3, -0.25) is 19.7 Å². The number of nitrogens with zero attached hydrogens (tertiary/aromatic N) is 2. The standard InChI is InChI=1S/C11H14N4O3/c1-6-10(17)13-9(16)5-15(6)11(18)8-3-7(12)4-14(8)2/h3-4,6H,5,12H2,1-2H3,(H,13,16,17). The van der Waals surface area contributed by atoms with Crippen molar-refractivity contribution in [1.82, 2.24) is 14.8 Å². The molecule has 1 aliphatic rings. The van der Waals surface area contributed by atoms with Crippen molar-refractivity contribution < 1.29 is 14.4 Å². The highest BCUT2D eigenvalue weighted by molar-refractivity contribution is 6.06. The lowest BCUT2D eigenvalue weighted by molar-refractivity contribution is -0.138. The van der Waals surface area contributed by atoms with Crippen molar-refractivity contribution in [1.29, 1.82) is 0 Å². The fourth-order valence-corrected chi connectivity index (χ4v) is 1.91. The number of piperazine rings is 1. The Hall–Kier alpha value is -2.31. The molecule has 1 aromatic heterocycles. The molecular formula is C11H14N4O3. The minimum atomic E-state index is -0.675. The molecule has 1 aromatic rings. The number of rotatable bonds is 1. The number of hydrogen-bond acceptors (Lipinski definition) is 4. The summed E-state index contributed by atoms with van der Waals surface area (Å²) in [5.41, 5.74) is 6.41. The number of nitrogen functional groups attached to an aromatic ring is 1. The number of aryl methyl sites for hydroxylation is 1. The minimum Gasteiger partial charge on any atom is -0.397 e. The van der Waals surface area contributed by atoms with Crippen LogP contribution in [-0.2, 0) is 16.6 Å². The topological polar surface area (TPSA) is 97.4 Å². The third-order valence-corrected chi connectivity index (χ3v) is 2.93. The Kier molecular flexibility index (Phi) is 2.82. The molecule has 0 aromatic carbocycles. The lowest BCUT2D eigenvalue weighted by Gasteiger charge is -2.31. The van der Waals surface area contributed by atoms with Gasteiger partial charge in [-0.05, 0) is 13.0 Å². The zero-order chi connectivity index (χ0) is 13.4. The molecule has 3 amide bonds. The summed E-state index contributed by atoms with van der Waals surface area (Å²) >= 11 is 0. The maximum Gasteiger partial charge on any atom is 0.271 e. The summed E-state index contributed by atoms with van der Waals surface area (Å²) in [5.74, 6) is -1.33. The molecule has 1 unspecified atom stereocenters. The zero-order valence-corrected chi connectivity index (χ0v) is 10.1. The molecule has 7 heteroatoms. The smallest absolute Gasteiger partial charge is 0.271 e. The van der Waals surface area contributed by atoms with Gasteiger partial charge in [0.15, 0.2) is 0 Å². The van der Waals surface area contributed by atoms with Gasteiger partial charge in [0.05, 0.1) is 5.69 Å². The van der Waals surface area contributed by atoms with Crippen molar-refractivity contribution in [3.05, 3.63) is 18.0 Å². The van der Waals surface area contributed by atoms with E-state index in [9.17, 15) is 14.4 Å². The Morgan fingerprint density at radius 1 is 1.50 bits per heavy atom. The molecule has 0 radical (unpaired) electrons. The van der Waals surface area contributed by atoms with E-state index in [0.717, 1.165) is 0 Å². The monoisotopic (exact) mass is 250 g/mol. The van der Waals surface area contributed by atoms with E-state index in [1.165, 1.54) is 11.0 Å². The van der Waals surface area contributed by atoms with E-state index >= 15 is 0 Å². The quantitative estimate of drug-likeness (QED) is 0.631. The van der Waals surface area contributed by atoms with E-state index in [1.807, 2.05) is 0 Å². The number of aromatic nitrogens is 1. The second-order valence-electron chi connectivity index (χ2n) is 4.29. The third-order valence-electron chi connectivity index (χ3n) is 2.93. The van der Waals surface area contributed by atoms with E-state index in [0.29, 0.717) is 11.4 Å². The second-order valence-corrected chi connectivity index (χ2v) is 4.29. The molecule has 0 bridgehead atoms. The first-order chi connectivity index (χ1) is 8.40. The summed E-state index contributed by atoms with van der Waals surface area (Å²) in [5, 5.41) is 2.18. The van der Waals surface area contributed by atoms with Crippen molar-refractivity contribution in [2.45, 2.75) is 13.0 Å². The van der Waals surface area contributed by atoms with Gasteiger partial charge in [-0.25, -0.2) is 0 Å². The molecule has 0 saturated carbocycles. The average molecular weight is 250 g/mol. The van der Waals surface area contributed by atoms with Crippen molar-refractivity contribution in [2.75, 3.05) is 12.3 Å². The predicted molar refractivity (Wildman–Crippen MR) is 63.5 cm³/mol. The lowest BCUT2D eigenvalue weighted by Crippen LogP contribution is -2.58. The number of imide groups is 1. The highest BCUT2D eigenvalue weighted by atomic mass is 16.2. The Bertz CT molecular complexity index is 534. The Morgan fingerprint density at radius 2 is 2.17 bits per heavy atom. The number of nitrogens with two attached hydrogens (primary N) is 1. The molecule has 96 valence electrons. The van der Waals surface area contributed by atoms with Crippen LogP contribution in [0.15, 0.2) is 12.3 Å². The van der Waals surface area contributed by atoms with Gasteiger partial charge in [0.2, 0.25) is 11.8 Å². The molecule has 1 fully saturated rings. The highest BCUT2D eigenvalue weighted by Gasteiger charge is 2.34. The molecule has 7 nitrogen and oxygen atoms in total. The second kappa shape index (κ2) is 4.17. The van der Waals surface area contributed by atoms with Crippen LogP contribution in [0.3, 0.4) is 0 Å². The van der Waals surface area contributed by atoms with Crippen LogP contribution in [0.4, 0.5) is 5.69 Å². The Labute approximate surface area is 104 Å². The van der Waals surface area contributed by atoms with Gasteiger partial charge in [0.25, 0.3) is 5.91 Å². The van der Waals surface area contributed by atoms with Crippen LogP contribution in [0.2, 0.25) is 0 Å². The van der Waals surface area contributed by atoms with E-state index < -0.39 is 17.9 Å². The summed E-state index contributed by atoms with van der Waals surface area (Å²) < 4.78 is 1.57. The van der Waals surface area contributed by atoms with Crippen LogP contribution in [0.1, 0.15) is 17.4 Å². The SMILES string of the molecule is CC1C(=O)NC(=O)CN1C(=O)c1cc(N)cn1C. The number of anilines is 1. The lowest BCUT2D eigenvalue weighted by atomic mass is 10.2. The molecular weight excluding hydrogens is 236 g/mol.